The van der Waals surface area contributed by atoms with Crippen LogP contribution < -0.4 is 15.9 Å². The third-order valence-corrected chi connectivity index (χ3v) is 16.8. The van der Waals surface area contributed by atoms with E-state index in [-0.39, 0.29) is 27.9 Å². The average Bonchev–Trinajstić information content (AvgIpc) is 2.77. The molecule has 3 aromatic heterocycles. The fraction of sp³-hybridized carbons (Fsp3) is 0.143. The smallest absolute Gasteiger partial charge is 0.456 e. The van der Waals surface area contributed by atoms with Crippen molar-refractivity contribution in [2.75, 3.05) is 0 Å². The zero-order valence-corrected chi connectivity index (χ0v) is 46.9. The minimum atomic E-state index is -2.90. The van der Waals surface area contributed by atoms with Crippen molar-refractivity contribution < 1.29 is 27.1 Å². The third-order valence-electron chi connectivity index (χ3n) is 16.2. The van der Waals surface area contributed by atoms with Gasteiger partial charge in [0.25, 0.3) is 11.1 Å². The molecule has 1 N–H and O–H groups in total. The van der Waals surface area contributed by atoms with Crippen molar-refractivity contribution >= 4 is 91.3 Å². The van der Waals surface area contributed by atoms with Gasteiger partial charge in [-0.05, 0) is 152 Å². The van der Waals surface area contributed by atoms with E-state index in [0.29, 0.717) is 74.8 Å². The van der Waals surface area contributed by atoms with E-state index in [9.17, 15) is 14.4 Å². The van der Waals surface area contributed by atoms with Gasteiger partial charge in [-0.25, -0.2) is 17.7 Å². The van der Waals surface area contributed by atoms with Crippen LogP contribution >= 0.6 is 23.2 Å². The second-order valence-corrected chi connectivity index (χ2v) is 22.2. The zero-order valence-electron chi connectivity index (χ0n) is 45.3. The molecule has 8 nitrogen and oxygen atoms in total. The first-order valence-electron chi connectivity index (χ1n) is 28.0. The number of carbonyl (C=O) groups excluding carboxylic acids is 1. The predicted molar refractivity (Wildman–Crippen MR) is 332 cm³/mol. The molecule has 0 spiro atoms. The maximum atomic E-state index is 15.9. The molecule has 83 heavy (non-hydrogen) atoms. The molecule has 14 rings (SSSR count). The molecule has 0 atom stereocenters. The summed E-state index contributed by atoms with van der Waals surface area (Å²) in [6.45, 7) is 5.25. The summed E-state index contributed by atoms with van der Waals surface area (Å²) >= 11 is 14.5. The molecular weight excluding hydrogens is 1080 g/mol. The molecule has 0 amide bonds. The molecule has 3 aliphatic rings. The van der Waals surface area contributed by atoms with Crippen LogP contribution in [0.5, 0.6) is 5.75 Å². The van der Waals surface area contributed by atoms with E-state index >= 15 is 8.63 Å². The topological polar surface area (TPSA) is 97.3 Å². The van der Waals surface area contributed by atoms with Gasteiger partial charge in [0.05, 0.1) is 27.0 Å². The Morgan fingerprint density at radius 3 is 2.05 bits per heavy atom. The number of esters is 1. The predicted octanol–water partition coefficient (Wildman–Crippen LogP) is 16.9. The van der Waals surface area contributed by atoms with Gasteiger partial charge in [-0.2, -0.15) is 0 Å². The molecule has 13 heteroatoms. The Hall–Kier alpha value is -8.90. The summed E-state index contributed by atoms with van der Waals surface area (Å²) in [6.07, 6.45) is 9.41. The largest absolute Gasteiger partial charge is 0.935 e. The van der Waals surface area contributed by atoms with Crippen LogP contribution in [0.4, 0.5) is 8.63 Å². The Kier molecular flexibility index (Phi) is 14.2. The molecule has 408 valence electrons. The van der Waals surface area contributed by atoms with Gasteiger partial charge in [0, 0.05) is 79.5 Å². The quantitative estimate of drug-likeness (QED) is 0.0367. The number of nitrogens with zero attached hydrogens (tertiary/aromatic N) is 2. The molecule has 0 bridgehead atoms. The first kappa shape index (κ1) is 53.4. The summed E-state index contributed by atoms with van der Waals surface area (Å²) in [7, 11) is -2.90. The third kappa shape index (κ3) is 9.61. The van der Waals surface area contributed by atoms with Crippen molar-refractivity contribution in [2.45, 2.75) is 64.7 Å². The highest BCUT2D eigenvalue weighted by Gasteiger charge is 2.48. The Morgan fingerprint density at radius 1 is 0.699 bits per heavy atom. The molecule has 0 fully saturated rings. The molecule has 0 unspecified atom stereocenters. The lowest BCUT2D eigenvalue weighted by Crippen LogP contribution is -2.31. The fourth-order valence-corrected chi connectivity index (χ4v) is 13.2. The van der Waals surface area contributed by atoms with Crippen molar-refractivity contribution in [1.29, 1.82) is 0 Å². The molecule has 0 saturated carbocycles. The van der Waals surface area contributed by atoms with Gasteiger partial charge in [-0.15, -0.1) is 6.58 Å². The van der Waals surface area contributed by atoms with Crippen molar-refractivity contribution in [2.24, 2.45) is 0 Å². The number of halogens is 4. The van der Waals surface area contributed by atoms with E-state index < -0.39 is 24.5 Å². The van der Waals surface area contributed by atoms with Gasteiger partial charge in [0.1, 0.15) is 16.9 Å². The molecule has 8 aromatic carbocycles. The number of hydrogen-bond acceptors (Lipinski definition) is 5. The zero-order chi connectivity index (χ0) is 57.0. The summed E-state index contributed by atoms with van der Waals surface area (Å²) in [6, 6.07) is 51.7. The number of hydrogen-bond donors (Lipinski definition) is 1. The Labute approximate surface area is 487 Å². The van der Waals surface area contributed by atoms with Crippen molar-refractivity contribution in [3.63, 3.8) is 0 Å². The number of nitrogens with one attached hydrogen (secondary N) is 1. The van der Waals surface area contributed by atoms with Crippen LogP contribution in [0.25, 0.3) is 77.1 Å². The van der Waals surface area contributed by atoms with Gasteiger partial charge < -0.3 is 14.1 Å². The first-order chi connectivity index (χ1) is 40.5. The lowest BCUT2D eigenvalue weighted by Gasteiger charge is -2.15. The van der Waals surface area contributed by atoms with Crippen LogP contribution in [0.15, 0.2) is 208 Å². The molecule has 2 aliphatic carbocycles. The van der Waals surface area contributed by atoms with Crippen LogP contribution in [-0.4, -0.2) is 33.1 Å². The number of benzene rings is 8. The standard InChI is InChI=1S/C67H46BCl2F2N3O5.C3H6/c69-53-36-46(37-54(70)62(53)63(55-34-43-18-9-16-40-14-4-6-20-47(40)64(43)73-55)56-35-44-19-10-17-41-15-5-7-21-48(41)65(44)75(56)68(71)72)79-59(76)22-8-11-38-23-26-45(27-24-38)74-66(77)50-29-28-49-52-33-42(39-12-2-1-3-13-39)25-31-57(52)80-58-32-30-51(67(74)78)60(50)61(49)58;1-3-2/h1-7,12-15,20-21,23-37H,8-11,16-19,22H2;3H,1H2,2H3/p+1. The highest BCUT2D eigenvalue weighted by molar-refractivity contribution is 6.39. The number of allylic oxidation sites excluding steroid dienone is 3. The minimum absolute atomic E-state index is 0.0518. The van der Waals surface area contributed by atoms with Crippen LogP contribution in [0.1, 0.15) is 78.1 Å². The number of H-pyrrole nitrogens is 1. The minimum Gasteiger partial charge on any atom is -0.456 e. The van der Waals surface area contributed by atoms with E-state index in [1.165, 1.54) is 22.3 Å². The number of fused-ring (bicyclic) bond motifs is 8. The number of aryl methyl sites for hydroxylation is 4. The molecular formula is C70H53BCl2F2N3O5+. The highest BCUT2D eigenvalue weighted by Crippen LogP contribution is 2.46. The van der Waals surface area contributed by atoms with E-state index in [2.05, 4.69) is 41.9 Å². The second-order valence-electron chi connectivity index (χ2n) is 21.3. The maximum Gasteiger partial charge on any atom is 0.935 e. The van der Waals surface area contributed by atoms with Crippen LogP contribution in [-0.2, 0) is 30.5 Å². The summed E-state index contributed by atoms with van der Waals surface area (Å²) in [5.41, 5.74) is 12.8. The summed E-state index contributed by atoms with van der Waals surface area (Å²) in [4.78, 5) is 45.8. The molecule has 0 radical (unpaired) electrons. The Morgan fingerprint density at radius 2 is 1.33 bits per heavy atom. The van der Waals surface area contributed by atoms with Crippen LogP contribution in [0, 0.1) is 0 Å². The van der Waals surface area contributed by atoms with E-state index in [4.69, 9.17) is 32.4 Å². The first-order valence-corrected chi connectivity index (χ1v) is 28.7. The maximum absolute atomic E-state index is 15.9. The lowest BCUT2D eigenvalue weighted by atomic mass is 9.95. The number of aromatic nitrogens is 2. The van der Waals surface area contributed by atoms with Crippen LogP contribution in [0.3, 0.4) is 0 Å². The number of ether oxygens (including phenoxy) is 1. The average molecular weight is 1140 g/mol. The molecule has 4 heterocycles. The number of pyridine rings is 1. The summed E-state index contributed by atoms with van der Waals surface area (Å²) in [5.74, 6) is -0.393. The van der Waals surface area contributed by atoms with Gasteiger partial charge in [-0.1, -0.05) is 126 Å². The second kappa shape index (κ2) is 22.1. The number of rotatable bonds is 10. The number of carbonyl (C=O) groups is 1. The van der Waals surface area contributed by atoms with Gasteiger partial charge in [0.2, 0.25) is 0 Å². The summed E-state index contributed by atoms with van der Waals surface area (Å²) in [5, 5.41) is 4.16. The molecule has 1 aliphatic heterocycles. The van der Waals surface area contributed by atoms with Crippen molar-refractivity contribution in [3.05, 3.63) is 264 Å². The molecule has 11 aromatic rings. The number of aromatic amines is 1. The molecule has 0 saturated heterocycles. The summed E-state index contributed by atoms with van der Waals surface area (Å²) < 4.78 is 46.3. The normalized spacial score (nSPS) is 14.3. The van der Waals surface area contributed by atoms with Gasteiger partial charge in [0.15, 0.2) is 11.4 Å². The Balaban J connectivity index is 0.00000211. The van der Waals surface area contributed by atoms with Gasteiger partial charge in [-0.3, -0.25) is 14.4 Å². The Bertz CT molecular complexity index is 4620. The van der Waals surface area contributed by atoms with Crippen LogP contribution in [0.2, 0.25) is 10.0 Å². The van der Waals surface area contributed by atoms with Crippen molar-refractivity contribution in [1.82, 2.24) is 9.55 Å². The van der Waals surface area contributed by atoms with Crippen molar-refractivity contribution in [3.8, 4) is 33.8 Å². The van der Waals surface area contributed by atoms with E-state index in [1.54, 1.807) is 36.4 Å². The van der Waals surface area contributed by atoms with E-state index in [1.807, 2.05) is 104 Å². The SMILES string of the molecule is C=CC.O=C(CCCc1ccc(-n2c(=O)c3ccc4oc5ccc(-c6ccccc6)cc5c5ccc(c2=O)c3c45)cc1)Oc1cc(Cl)c(/C(=C2\C=C3CCCc4ccccc4C3=[N+]2B(F)F)c2cc3c([nH]2)-c2ccccc2CCC3)c(Cl)c1. The lowest BCUT2D eigenvalue weighted by molar-refractivity contribution is -0.340. The highest BCUT2D eigenvalue weighted by atomic mass is 35.5. The van der Waals surface area contributed by atoms with E-state index in [0.717, 1.165) is 103 Å². The van der Waals surface area contributed by atoms with Gasteiger partial charge >= 0.3 is 13.4 Å². The fourth-order valence-electron chi connectivity index (χ4n) is 12.6. The monoisotopic (exact) mass is 1130 g/mol.